The van der Waals surface area contributed by atoms with Crippen LogP contribution in [0.5, 0.6) is 11.5 Å². The van der Waals surface area contributed by atoms with Crippen LogP contribution < -0.4 is 14.4 Å². The van der Waals surface area contributed by atoms with Crippen LogP contribution in [0.25, 0.3) is 0 Å². The fourth-order valence-electron chi connectivity index (χ4n) is 4.44. The molecule has 1 aliphatic heterocycles. The number of benzene rings is 2. The molecule has 33 heavy (non-hydrogen) atoms. The minimum atomic E-state index is 0.00842. The Morgan fingerprint density at radius 1 is 1.00 bits per heavy atom. The van der Waals surface area contributed by atoms with Gasteiger partial charge in [0.1, 0.15) is 0 Å². The second-order valence-corrected chi connectivity index (χ2v) is 8.41. The van der Waals surface area contributed by atoms with Crippen LogP contribution in [0.4, 0.5) is 5.69 Å². The predicted molar refractivity (Wildman–Crippen MR) is 130 cm³/mol. The van der Waals surface area contributed by atoms with E-state index in [0.717, 1.165) is 49.4 Å². The van der Waals surface area contributed by atoms with E-state index in [1.54, 1.807) is 14.2 Å². The molecule has 6 nitrogen and oxygen atoms in total. The summed E-state index contributed by atoms with van der Waals surface area (Å²) in [6, 6.07) is 19.6. The monoisotopic (exact) mass is 445 g/mol. The molecule has 0 atom stereocenters. The number of nitrogens with zero attached hydrogens (tertiary/aromatic N) is 3. The Morgan fingerprint density at radius 3 is 2.45 bits per heavy atom. The molecule has 4 rings (SSSR count). The number of piperidine rings is 1. The van der Waals surface area contributed by atoms with Crippen molar-refractivity contribution in [1.29, 1.82) is 0 Å². The van der Waals surface area contributed by atoms with Gasteiger partial charge in [-0.25, -0.2) is 0 Å². The highest BCUT2D eigenvalue weighted by Crippen LogP contribution is 2.34. The molecule has 2 heterocycles. The Hall–Kier alpha value is -3.38. The first-order chi connectivity index (χ1) is 16.1. The first-order valence-corrected chi connectivity index (χ1v) is 11.3. The minimum Gasteiger partial charge on any atom is -0.493 e. The van der Waals surface area contributed by atoms with Crippen LogP contribution >= 0.6 is 0 Å². The summed E-state index contributed by atoms with van der Waals surface area (Å²) in [7, 11) is 3.23. The van der Waals surface area contributed by atoms with E-state index in [9.17, 15) is 4.79 Å². The summed E-state index contributed by atoms with van der Waals surface area (Å²) >= 11 is 0. The summed E-state index contributed by atoms with van der Waals surface area (Å²) in [5, 5.41) is 0. The van der Waals surface area contributed by atoms with Gasteiger partial charge in [-0.2, -0.15) is 0 Å². The van der Waals surface area contributed by atoms with Gasteiger partial charge in [0.05, 0.1) is 19.9 Å². The topological polar surface area (TPSA) is 54.9 Å². The number of rotatable bonds is 7. The van der Waals surface area contributed by atoms with Gasteiger partial charge in [-0.1, -0.05) is 23.8 Å². The van der Waals surface area contributed by atoms with Crippen molar-refractivity contribution in [2.45, 2.75) is 32.4 Å². The standard InChI is InChI=1S/C27H31N3O3/c1-20-7-6-8-21(17-20)27(31)30(24-10-11-25(32-2)26(18-24)33-3)23-12-15-29(16-13-23)19-22-9-4-5-14-28-22/h4-11,14,17-18,23H,12-13,15-16,19H2,1-3H3. The lowest BCUT2D eigenvalue weighted by Crippen LogP contribution is -2.47. The lowest BCUT2D eigenvalue weighted by Gasteiger charge is -2.38. The third kappa shape index (κ3) is 5.34. The number of anilines is 1. The van der Waals surface area contributed by atoms with Crippen molar-refractivity contribution in [3.8, 4) is 11.5 Å². The maximum absolute atomic E-state index is 13.8. The van der Waals surface area contributed by atoms with E-state index in [1.165, 1.54) is 0 Å². The van der Waals surface area contributed by atoms with Crippen molar-refractivity contribution in [1.82, 2.24) is 9.88 Å². The first kappa shape index (κ1) is 22.8. The van der Waals surface area contributed by atoms with Crippen LogP contribution in [-0.4, -0.2) is 49.1 Å². The van der Waals surface area contributed by atoms with Gasteiger partial charge in [-0.3, -0.25) is 14.7 Å². The van der Waals surface area contributed by atoms with E-state index >= 15 is 0 Å². The summed E-state index contributed by atoms with van der Waals surface area (Å²) in [5.41, 5.74) is 3.66. The van der Waals surface area contributed by atoms with Crippen molar-refractivity contribution in [2.75, 3.05) is 32.2 Å². The molecule has 1 saturated heterocycles. The molecule has 172 valence electrons. The third-order valence-corrected chi connectivity index (χ3v) is 6.16. The fraction of sp³-hybridized carbons (Fsp3) is 0.333. The Kier molecular flexibility index (Phi) is 7.25. The van der Waals surface area contributed by atoms with Crippen LogP contribution in [-0.2, 0) is 6.54 Å². The lowest BCUT2D eigenvalue weighted by molar-refractivity contribution is 0.0958. The fourth-order valence-corrected chi connectivity index (χ4v) is 4.44. The molecule has 0 saturated carbocycles. The molecule has 3 aromatic rings. The molecule has 1 aliphatic rings. The van der Waals surface area contributed by atoms with Crippen molar-refractivity contribution >= 4 is 11.6 Å². The molecule has 0 bridgehead atoms. The SMILES string of the molecule is COc1ccc(N(C(=O)c2cccc(C)c2)C2CCN(Cc3ccccn3)CC2)cc1OC. The number of carbonyl (C=O) groups excluding carboxylic acids is 1. The second-order valence-electron chi connectivity index (χ2n) is 8.41. The Morgan fingerprint density at radius 2 is 1.79 bits per heavy atom. The van der Waals surface area contributed by atoms with E-state index < -0.39 is 0 Å². The number of hydrogen-bond donors (Lipinski definition) is 0. The number of likely N-dealkylation sites (tertiary alicyclic amines) is 1. The highest BCUT2D eigenvalue weighted by Gasteiger charge is 2.30. The van der Waals surface area contributed by atoms with E-state index in [1.807, 2.05) is 72.6 Å². The van der Waals surface area contributed by atoms with Crippen molar-refractivity contribution in [2.24, 2.45) is 0 Å². The summed E-state index contributed by atoms with van der Waals surface area (Å²) in [5.74, 6) is 1.27. The number of amides is 1. The zero-order valence-electron chi connectivity index (χ0n) is 19.5. The molecular weight excluding hydrogens is 414 g/mol. The van der Waals surface area contributed by atoms with E-state index in [4.69, 9.17) is 9.47 Å². The first-order valence-electron chi connectivity index (χ1n) is 11.3. The van der Waals surface area contributed by atoms with Gasteiger partial charge in [0.15, 0.2) is 11.5 Å². The van der Waals surface area contributed by atoms with Gasteiger partial charge in [0.2, 0.25) is 0 Å². The van der Waals surface area contributed by atoms with Crippen LogP contribution in [0.15, 0.2) is 66.9 Å². The molecule has 0 N–H and O–H groups in total. The minimum absolute atomic E-state index is 0.00842. The lowest BCUT2D eigenvalue weighted by atomic mass is 10.00. The number of methoxy groups -OCH3 is 2. The normalized spacial score (nSPS) is 14.6. The summed E-state index contributed by atoms with van der Waals surface area (Å²) < 4.78 is 10.9. The highest BCUT2D eigenvalue weighted by molar-refractivity contribution is 6.06. The Bertz CT molecular complexity index is 1080. The molecule has 0 aliphatic carbocycles. The molecule has 2 aromatic carbocycles. The molecule has 0 unspecified atom stereocenters. The van der Waals surface area contributed by atoms with Crippen LogP contribution in [0, 0.1) is 6.92 Å². The molecular formula is C27H31N3O3. The average molecular weight is 446 g/mol. The predicted octanol–water partition coefficient (Wildman–Crippen LogP) is 4.72. The average Bonchev–Trinajstić information content (AvgIpc) is 2.85. The van der Waals surface area contributed by atoms with Gasteiger partial charge >= 0.3 is 0 Å². The molecule has 1 aromatic heterocycles. The quantitative estimate of drug-likeness (QED) is 0.527. The number of aromatic nitrogens is 1. The zero-order valence-corrected chi connectivity index (χ0v) is 19.5. The van der Waals surface area contributed by atoms with Gasteiger partial charge in [0, 0.05) is 49.2 Å². The Labute approximate surface area is 195 Å². The van der Waals surface area contributed by atoms with Gasteiger partial charge in [-0.15, -0.1) is 0 Å². The van der Waals surface area contributed by atoms with Gasteiger partial charge in [0.25, 0.3) is 5.91 Å². The molecule has 6 heteroatoms. The smallest absolute Gasteiger partial charge is 0.258 e. The Balaban J connectivity index is 1.59. The third-order valence-electron chi connectivity index (χ3n) is 6.16. The van der Waals surface area contributed by atoms with Crippen molar-refractivity contribution in [3.63, 3.8) is 0 Å². The molecule has 0 radical (unpaired) electrons. The molecule has 0 spiro atoms. The number of aryl methyl sites for hydroxylation is 1. The maximum atomic E-state index is 13.8. The summed E-state index contributed by atoms with van der Waals surface area (Å²) in [4.78, 5) is 22.6. The molecule has 1 amide bonds. The zero-order chi connectivity index (χ0) is 23.2. The van der Waals surface area contributed by atoms with E-state index in [-0.39, 0.29) is 11.9 Å². The summed E-state index contributed by atoms with van der Waals surface area (Å²) in [6.45, 7) is 4.65. The van der Waals surface area contributed by atoms with Crippen LogP contribution in [0.3, 0.4) is 0 Å². The highest BCUT2D eigenvalue weighted by atomic mass is 16.5. The van der Waals surface area contributed by atoms with E-state index in [2.05, 4.69) is 16.0 Å². The number of hydrogen-bond acceptors (Lipinski definition) is 5. The van der Waals surface area contributed by atoms with Crippen LogP contribution in [0.2, 0.25) is 0 Å². The van der Waals surface area contributed by atoms with E-state index in [0.29, 0.717) is 17.1 Å². The van der Waals surface area contributed by atoms with Gasteiger partial charge in [-0.05, 0) is 56.2 Å². The summed E-state index contributed by atoms with van der Waals surface area (Å²) in [6.07, 6.45) is 3.61. The number of pyridine rings is 1. The number of ether oxygens (including phenoxy) is 2. The largest absolute Gasteiger partial charge is 0.493 e. The van der Waals surface area contributed by atoms with Crippen LogP contribution in [0.1, 0.15) is 34.5 Å². The van der Waals surface area contributed by atoms with Crippen molar-refractivity contribution < 1.29 is 14.3 Å². The molecule has 1 fully saturated rings. The van der Waals surface area contributed by atoms with Gasteiger partial charge < -0.3 is 14.4 Å². The van der Waals surface area contributed by atoms with Crippen molar-refractivity contribution in [3.05, 3.63) is 83.7 Å². The second kappa shape index (κ2) is 10.5. The number of carbonyl (C=O) groups is 1. The maximum Gasteiger partial charge on any atom is 0.258 e.